The van der Waals surface area contributed by atoms with E-state index in [4.69, 9.17) is 9.47 Å². The molecule has 1 unspecified atom stereocenters. The van der Waals surface area contributed by atoms with Gasteiger partial charge in [0.05, 0.1) is 4.47 Å². The van der Waals surface area contributed by atoms with Crippen molar-refractivity contribution >= 4 is 27.3 Å². The number of halogens is 1. The van der Waals surface area contributed by atoms with Crippen LogP contribution in [-0.2, 0) is 6.54 Å². The molecular formula is C16H18BrNO2S. The first kappa shape index (κ1) is 14.9. The summed E-state index contributed by atoms with van der Waals surface area (Å²) < 4.78 is 12.2. The van der Waals surface area contributed by atoms with Crippen LogP contribution in [0.4, 0.5) is 0 Å². The van der Waals surface area contributed by atoms with Crippen molar-refractivity contribution in [3.63, 3.8) is 0 Å². The second-order valence-corrected chi connectivity index (χ2v) is 7.33. The Labute approximate surface area is 137 Å². The highest BCUT2D eigenvalue weighted by Crippen LogP contribution is 2.38. The lowest BCUT2D eigenvalue weighted by Gasteiger charge is -2.21. The monoisotopic (exact) mass is 367 g/mol. The van der Waals surface area contributed by atoms with Crippen LogP contribution >= 0.6 is 27.3 Å². The Hall–Kier alpha value is -1.04. The van der Waals surface area contributed by atoms with Crippen LogP contribution in [0.2, 0.25) is 0 Å². The molecule has 1 atom stereocenters. The fraction of sp³-hybridized carbons (Fsp3) is 0.375. The van der Waals surface area contributed by atoms with Crippen LogP contribution in [0.1, 0.15) is 28.3 Å². The van der Waals surface area contributed by atoms with Crippen LogP contribution in [0.15, 0.2) is 28.7 Å². The van der Waals surface area contributed by atoms with Gasteiger partial charge in [-0.1, -0.05) is 0 Å². The van der Waals surface area contributed by atoms with Crippen LogP contribution < -0.4 is 14.8 Å². The lowest BCUT2D eigenvalue weighted by Crippen LogP contribution is -2.19. The molecule has 0 spiro atoms. The SMILES string of the molecule is Cc1ccc(C(C)NCc2cc(Br)c3c(c2)OCCO3)s1. The average molecular weight is 368 g/mol. The van der Waals surface area contributed by atoms with Gasteiger partial charge in [0.1, 0.15) is 13.2 Å². The number of rotatable bonds is 4. The summed E-state index contributed by atoms with van der Waals surface area (Å²) in [7, 11) is 0. The molecule has 0 amide bonds. The van der Waals surface area contributed by atoms with E-state index in [1.807, 2.05) is 11.3 Å². The van der Waals surface area contributed by atoms with Gasteiger partial charge >= 0.3 is 0 Å². The summed E-state index contributed by atoms with van der Waals surface area (Å²) in [5.74, 6) is 1.64. The summed E-state index contributed by atoms with van der Waals surface area (Å²) in [4.78, 5) is 2.71. The number of benzene rings is 1. The van der Waals surface area contributed by atoms with Crippen LogP contribution in [0.5, 0.6) is 11.5 Å². The van der Waals surface area contributed by atoms with E-state index in [-0.39, 0.29) is 0 Å². The molecule has 3 nitrogen and oxygen atoms in total. The number of ether oxygens (including phenoxy) is 2. The summed E-state index contributed by atoms with van der Waals surface area (Å²) in [6.45, 7) is 6.35. The van der Waals surface area contributed by atoms with Crippen molar-refractivity contribution in [2.24, 2.45) is 0 Å². The lowest BCUT2D eigenvalue weighted by molar-refractivity contribution is 0.170. The van der Waals surface area contributed by atoms with Crippen molar-refractivity contribution in [2.75, 3.05) is 13.2 Å². The van der Waals surface area contributed by atoms with Gasteiger partial charge in [-0.25, -0.2) is 0 Å². The quantitative estimate of drug-likeness (QED) is 0.866. The zero-order valence-electron chi connectivity index (χ0n) is 12.1. The predicted molar refractivity (Wildman–Crippen MR) is 89.4 cm³/mol. The maximum Gasteiger partial charge on any atom is 0.175 e. The molecule has 5 heteroatoms. The van der Waals surface area contributed by atoms with Crippen molar-refractivity contribution in [1.82, 2.24) is 5.32 Å². The molecule has 1 N–H and O–H groups in total. The zero-order valence-corrected chi connectivity index (χ0v) is 14.5. The molecule has 21 heavy (non-hydrogen) atoms. The highest BCUT2D eigenvalue weighted by Gasteiger charge is 2.16. The molecule has 112 valence electrons. The molecule has 0 fully saturated rings. The summed E-state index contributed by atoms with van der Waals surface area (Å²) >= 11 is 5.40. The van der Waals surface area contributed by atoms with E-state index in [0.29, 0.717) is 19.3 Å². The first-order chi connectivity index (χ1) is 10.1. The molecular weight excluding hydrogens is 350 g/mol. The third-order valence-electron chi connectivity index (χ3n) is 3.46. The van der Waals surface area contributed by atoms with Crippen molar-refractivity contribution in [3.8, 4) is 11.5 Å². The van der Waals surface area contributed by atoms with E-state index >= 15 is 0 Å². The maximum absolute atomic E-state index is 5.66. The first-order valence-electron chi connectivity index (χ1n) is 7.01. The van der Waals surface area contributed by atoms with Crippen LogP contribution in [-0.4, -0.2) is 13.2 Å². The molecule has 0 aliphatic carbocycles. The maximum atomic E-state index is 5.66. The third kappa shape index (κ3) is 3.42. The van der Waals surface area contributed by atoms with Gasteiger partial charge < -0.3 is 14.8 Å². The molecule has 2 aromatic rings. The summed E-state index contributed by atoms with van der Waals surface area (Å²) in [5, 5.41) is 3.56. The number of thiophene rings is 1. The summed E-state index contributed by atoms with van der Waals surface area (Å²) in [6, 6.07) is 8.84. The Bertz CT molecular complexity index is 641. The van der Waals surface area contributed by atoms with Gasteiger partial charge in [0, 0.05) is 22.3 Å². The molecule has 3 rings (SSSR count). The molecule has 1 aromatic heterocycles. The smallest absolute Gasteiger partial charge is 0.175 e. The van der Waals surface area contributed by atoms with Crippen LogP contribution in [0, 0.1) is 6.92 Å². The summed E-state index contributed by atoms with van der Waals surface area (Å²) in [6.07, 6.45) is 0. The van der Waals surface area contributed by atoms with Gasteiger partial charge in [0.25, 0.3) is 0 Å². The van der Waals surface area contributed by atoms with E-state index in [0.717, 1.165) is 22.5 Å². The fourth-order valence-corrected chi connectivity index (χ4v) is 3.83. The van der Waals surface area contributed by atoms with Gasteiger partial charge in [-0.2, -0.15) is 0 Å². The van der Waals surface area contributed by atoms with Gasteiger partial charge in [-0.05, 0) is 59.6 Å². The van der Waals surface area contributed by atoms with Crippen LogP contribution in [0.3, 0.4) is 0 Å². The van der Waals surface area contributed by atoms with E-state index in [9.17, 15) is 0 Å². The van der Waals surface area contributed by atoms with E-state index in [2.05, 4.69) is 59.4 Å². The standard InChI is InChI=1S/C16H18BrNO2S/c1-10-3-4-15(21-10)11(2)18-9-12-7-13(17)16-14(8-12)19-5-6-20-16/h3-4,7-8,11,18H,5-6,9H2,1-2H3. The molecule has 1 aromatic carbocycles. The van der Waals surface area contributed by atoms with Crippen molar-refractivity contribution in [1.29, 1.82) is 0 Å². The molecule has 2 heterocycles. The minimum absolute atomic E-state index is 0.343. The summed E-state index contributed by atoms with van der Waals surface area (Å²) in [5.41, 5.74) is 1.19. The van der Waals surface area contributed by atoms with Crippen molar-refractivity contribution < 1.29 is 9.47 Å². The Morgan fingerprint density at radius 2 is 2.10 bits per heavy atom. The largest absolute Gasteiger partial charge is 0.486 e. The fourth-order valence-electron chi connectivity index (χ4n) is 2.32. The van der Waals surface area contributed by atoms with Gasteiger partial charge in [0.15, 0.2) is 11.5 Å². The minimum atomic E-state index is 0.343. The molecule has 0 saturated carbocycles. The molecule has 1 aliphatic heterocycles. The van der Waals surface area contributed by atoms with Gasteiger partial charge in [-0.15, -0.1) is 11.3 Å². The topological polar surface area (TPSA) is 30.5 Å². The zero-order chi connectivity index (χ0) is 14.8. The number of nitrogens with one attached hydrogen (secondary N) is 1. The molecule has 0 bridgehead atoms. The number of hydrogen-bond donors (Lipinski definition) is 1. The van der Waals surface area contributed by atoms with Crippen molar-refractivity contribution in [2.45, 2.75) is 26.4 Å². The second kappa shape index (κ2) is 6.38. The average Bonchev–Trinajstić information content (AvgIpc) is 2.91. The normalized spacial score (nSPS) is 15.0. The van der Waals surface area contributed by atoms with E-state index in [1.54, 1.807) is 0 Å². The lowest BCUT2D eigenvalue weighted by atomic mass is 10.1. The Morgan fingerprint density at radius 3 is 2.86 bits per heavy atom. The second-order valence-electron chi connectivity index (χ2n) is 5.15. The number of hydrogen-bond acceptors (Lipinski definition) is 4. The highest BCUT2D eigenvalue weighted by atomic mass is 79.9. The Kier molecular flexibility index (Phi) is 4.52. The Morgan fingerprint density at radius 1 is 1.29 bits per heavy atom. The predicted octanol–water partition coefficient (Wildman–Crippen LogP) is 4.44. The van der Waals surface area contributed by atoms with Gasteiger partial charge in [0.2, 0.25) is 0 Å². The first-order valence-corrected chi connectivity index (χ1v) is 8.62. The molecule has 0 saturated heterocycles. The van der Waals surface area contributed by atoms with Gasteiger partial charge in [-0.3, -0.25) is 0 Å². The van der Waals surface area contributed by atoms with E-state index < -0.39 is 0 Å². The Balaban J connectivity index is 1.69. The number of fused-ring (bicyclic) bond motifs is 1. The van der Waals surface area contributed by atoms with Crippen LogP contribution in [0.25, 0.3) is 0 Å². The molecule has 1 aliphatic rings. The minimum Gasteiger partial charge on any atom is -0.486 e. The third-order valence-corrected chi connectivity index (χ3v) is 5.23. The number of aryl methyl sites for hydroxylation is 1. The van der Waals surface area contributed by atoms with E-state index in [1.165, 1.54) is 15.3 Å². The molecule has 0 radical (unpaired) electrons. The van der Waals surface area contributed by atoms with Crippen molar-refractivity contribution in [3.05, 3.63) is 44.1 Å². The highest BCUT2D eigenvalue weighted by molar-refractivity contribution is 9.10.